The normalized spacial score (nSPS) is 10.0. The molecule has 0 aromatic heterocycles. The molecule has 23 heavy (non-hydrogen) atoms. The lowest BCUT2D eigenvalue weighted by Gasteiger charge is -1.97. The quantitative estimate of drug-likeness (QED) is 0.402. The van der Waals surface area contributed by atoms with Crippen LogP contribution in [0.2, 0.25) is 0 Å². The van der Waals surface area contributed by atoms with Gasteiger partial charge in [-0.3, -0.25) is 0 Å². The lowest BCUT2D eigenvalue weighted by molar-refractivity contribution is -0.112. The van der Waals surface area contributed by atoms with Gasteiger partial charge in [-0.25, -0.2) is 0 Å². The topological polar surface area (TPSA) is 102 Å². The fourth-order valence-corrected chi connectivity index (χ4v) is 1.11. The van der Waals surface area contributed by atoms with Crippen molar-refractivity contribution in [1.29, 1.82) is 0 Å². The van der Waals surface area contributed by atoms with Gasteiger partial charge in [0.05, 0.1) is 0 Å². The van der Waals surface area contributed by atoms with Crippen LogP contribution in [0.15, 0.2) is 0 Å². The summed E-state index contributed by atoms with van der Waals surface area (Å²) >= 11 is 0. The van der Waals surface area contributed by atoms with Crippen molar-refractivity contribution in [2.45, 2.75) is 58.8 Å². The molecule has 0 fully saturated rings. The molecule has 0 amide bonds. The lowest BCUT2D eigenvalue weighted by atomic mass is 10.1. The van der Waals surface area contributed by atoms with Crippen LogP contribution in [0.5, 0.6) is 0 Å². The minimum atomic E-state index is 0.0419. The molecule has 0 bridgehead atoms. The SMILES string of the molecule is CC(C=O)CCC=O.CC(CC=O)CC=O.O=CCCCC=O. The van der Waals surface area contributed by atoms with Crippen LogP contribution in [0, 0.1) is 11.8 Å². The van der Waals surface area contributed by atoms with Crippen LogP contribution in [0.4, 0.5) is 0 Å². The average Bonchev–Trinajstić information content (AvgIpc) is 2.55. The molecule has 6 nitrogen and oxygen atoms in total. The molecule has 0 aliphatic rings. The van der Waals surface area contributed by atoms with Gasteiger partial charge in [0.2, 0.25) is 0 Å². The van der Waals surface area contributed by atoms with E-state index in [1.54, 1.807) is 6.92 Å². The first-order valence-electron chi connectivity index (χ1n) is 7.67. The maximum atomic E-state index is 9.89. The third kappa shape index (κ3) is 33.1. The van der Waals surface area contributed by atoms with Crippen LogP contribution in [0.1, 0.15) is 58.8 Å². The van der Waals surface area contributed by atoms with E-state index in [4.69, 9.17) is 0 Å². The molecule has 0 N–H and O–H groups in total. The second-order valence-electron chi connectivity index (χ2n) is 5.03. The van der Waals surface area contributed by atoms with Gasteiger partial charge in [0.1, 0.15) is 37.7 Å². The molecule has 0 aromatic carbocycles. The van der Waals surface area contributed by atoms with Gasteiger partial charge >= 0.3 is 0 Å². The molecule has 1 unspecified atom stereocenters. The van der Waals surface area contributed by atoms with Gasteiger partial charge < -0.3 is 28.8 Å². The van der Waals surface area contributed by atoms with Crippen LogP contribution >= 0.6 is 0 Å². The van der Waals surface area contributed by atoms with E-state index in [-0.39, 0.29) is 11.8 Å². The largest absolute Gasteiger partial charge is 0.303 e. The molecule has 0 heterocycles. The Morgan fingerprint density at radius 2 is 1.09 bits per heavy atom. The Labute approximate surface area is 138 Å². The van der Waals surface area contributed by atoms with Crippen LogP contribution < -0.4 is 0 Å². The number of hydrogen-bond acceptors (Lipinski definition) is 6. The van der Waals surface area contributed by atoms with Crippen molar-refractivity contribution in [2.24, 2.45) is 11.8 Å². The molecule has 0 spiro atoms. The summed E-state index contributed by atoms with van der Waals surface area (Å²) in [5.74, 6) is 0.269. The van der Waals surface area contributed by atoms with Crippen molar-refractivity contribution in [3.05, 3.63) is 0 Å². The molecule has 0 rings (SSSR count). The predicted molar refractivity (Wildman–Crippen MR) is 87.0 cm³/mol. The molecule has 0 radical (unpaired) electrons. The Hall–Kier alpha value is -1.98. The monoisotopic (exact) mass is 328 g/mol. The van der Waals surface area contributed by atoms with E-state index in [0.29, 0.717) is 44.9 Å². The molecule has 0 aliphatic carbocycles. The summed E-state index contributed by atoms with van der Waals surface area (Å²) in [7, 11) is 0. The van der Waals surface area contributed by atoms with Crippen molar-refractivity contribution in [2.75, 3.05) is 0 Å². The molecule has 6 heteroatoms. The first-order chi connectivity index (χ1) is 11.0. The molecule has 0 aliphatic heterocycles. The molecule has 132 valence electrons. The summed E-state index contributed by atoms with van der Waals surface area (Å²) in [5, 5.41) is 0. The maximum Gasteiger partial charge on any atom is 0.122 e. The number of rotatable bonds is 12. The van der Waals surface area contributed by atoms with Crippen molar-refractivity contribution in [1.82, 2.24) is 0 Å². The molecular weight excluding hydrogens is 300 g/mol. The summed E-state index contributed by atoms with van der Waals surface area (Å²) in [4.78, 5) is 58.3. The van der Waals surface area contributed by atoms with E-state index in [1.807, 2.05) is 6.92 Å². The van der Waals surface area contributed by atoms with E-state index in [0.717, 1.165) is 37.7 Å². The molecular formula is C17H28O6. The Balaban J connectivity index is -0.000000262. The van der Waals surface area contributed by atoms with Gasteiger partial charge in [-0.05, 0) is 18.8 Å². The molecule has 0 aromatic rings. The van der Waals surface area contributed by atoms with Crippen LogP contribution in [0.25, 0.3) is 0 Å². The van der Waals surface area contributed by atoms with Gasteiger partial charge in [0.25, 0.3) is 0 Å². The van der Waals surface area contributed by atoms with E-state index in [1.165, 1.54) is 0 Å². The van der Waals surface area contributed by atoms with Crippen molar-refractivity contribution < 1.29 is 28.8 Å². The number of carbonyl (C=O) groups is 6. The van der Waals surface area contributed by atoms with E-state index in [9.17, 15) is 28.8 Å². The summed E-state index contributed by atoms with van der Waals surface area (Å²) in [6.07, 6.45) is 8.94. The van der Waals surface area contributed by atoms with Crippen molar-refractivity contribution in [3.63, 3.8) is 0 Å². The second kappa shape index (κ2) is 25.0. The van der Waals surface area contributed by atoms with E-state index < -0.39 is 0 Å². The predicted octanol–water partition coefficient (Wildman–Crippen LogP) is 2.16. The van der Waals surface area contributed by atoms with Crippen molar-refractivity contribution >= 4 is 37.7 Å². The van der Waals surface area contributed by atoms with Gasteiger partial charge in [0.15, 0.2) is 0 Å². The lowest BCUT2D eigenvalue weighted by Crippen LogP contribution is -1.94. The highest BCUT2D eigenvalue weighted by Crippen LogP contribution is 2.01. The fraction of sp³-hybridized carbons (Fsp3) is 0.647. The standard InChI is InChI=1S/2C6H10O2.C5H8O2/c1-6(2-4-7)3-5-8;1-6(5-8)3-2-4-7;6-4-2-1-3-5-7/h2*4-6H,2-3H2,1H3;4-5H,1-3H2. The molecule has 1 atom stereocenters. The Morgan fingerprint density at radius 1 is 0.652 bits per heavy atom. The Morgan fingerprint density at radius 3 is 1.39 bits per heavy atom. The van der Waals surface area contributed by atoms with Gasteiger partial charge in [-0.2, -0.15) is 0 Å². The van der Waals surface area contributed by atoms with Crippen LogP contribution in [-0.2, 0) is 28.8 Å². The third-order valence-corrected chi connectivity index (χ3v) is 2.61. The molecule has 0 saturated heterocycles. The van der Waals surface area contributed by atoms with E-state index >= 15 is 0 Å². The highest BCUT2D eigenvalue weighted by atomic mass is 16.1. The van der Waals surface area contributed by atoms with Gasteiger partial charge in [-0.1, -0.05) is 13.8 Å². The van der Waals surface area contributed by atoms with Crippen molar-refractivity contribution in [3.8, 4) is 0 Å². The molecule has 0 saturated carbocycles. The smallest absolute Gasteiger partial charge is 0.122 e. The number of hydrogen-bond donors (Lipinski definition) is 0. The first-order valence-corrected chi connectivity index (χ1v) is 7.67. The summed E-state index contributed by atoms with van der Waals surface area (Å²) in [6.45, 7) is 3.68. The van der Waals surface area contributed by atoms with Gasteiger partial charge in [0, 0.05) is 38.0 Å². The van der Waals surface area contributed by atoms with Gasteiger partial charge in [-0.15, -0.1) is 0 Å². The zero-order chi connectivity index (χ0) is 18.3. The zero-order valence-corrected chi connectivity index (χ0v) is 14.0. The summed E-state index contributed by atoms with van der Waals surface area (Å²) < 4.78 is 0. The fourth-order valence-electron chi connectivity index (χ4n) is 1.11. The number of carbonyl (C=O) groups excluding carboxylic acids is 6. The van der Waals surface area contributed by atoms with E-state index in [2.05, 4.69) is 0 Å². The summed E-state index contributed by atoms with van der Waals surface area (Å²) in [5.41, 5.74) is 0. The summed E-state index contributed by atoms with van der Waals surface area (Å²) in [6, 6.07) is 0. The first kappa shape index (κ1) is 25.9. The second-order valence-corrected chi connectivity index (χ2v) is 5.03. The third-order valence-electron chi connectivity index (χ3n) is 2.61. The maximum absolute atomic E-state index is 9.89. The minimum absolute atomic E-state index is 0.0419. The average molecular weight is 328 g/mol. The Bertz CT molecular complexity index is 296. The zero-order valence-electron chi connectivity index (χ0n) is 14.0. The number of unbranched alkanes of at least 4 members (excludes halogenated alkanes) is 2. The van der Waals surface area contributed by atoms with Crippen LogP contribution in [0.3, 0.4) is 0 Å². The highest BCUT2D eigenvalue weighted by Gasteiger charge is 1.97. The number of aldehydes is 6. The highest BCUT2D eigenvalue weighted by molar-refractivity contribution is 5.55. The Kier molecular flexibility index (Phi) is 28.2. The minimum Gasteiger partial charge on any atom is -0.303 e. The van der Waals surface area contributed by atoms with Crippen LogP contribution in [-0.4, -0.2) is 37.7 Å².